The van der Waals surface area contributed by atoms with Crippen LogP contribution >= 0.6 is 23.1 Å². The first-order chi connectivity index (χ1) is 14.9. The van der Waals surface area contributed by atoms with Gasteiger partial charge in [0.05, 0.1) is 11.1 Å². The average Bonchev–Trinajstić information content (AvgIpc) is 3.33. The highest BCUT2D eigenvalue weighted by Gasteiger charge is 2.32. The molecule has 0 aliphatic carbocycles. The Morgan fingerprint density at radius 3 is 2.68 bits per heavy atom. The van der Waals surface area contributed by atoms with Crippen LogP contribution in [0.3, 0.4) is 0 Å². The minimum Gasteiger partial charge on any atom is -0.349 e. The van der Waals surface area contributed by atoms with Gasteiger partial charge < -0.3 is 15.5 Å². The Balaban J connectivity index is 1.56. The molecule has 0 bridgehead atoms. The molecule has 0 radical (unpaired) electrons. The second kappa shape index (κ2) is 10.5. The first kappa shape index (κ1) is 23.0. The zero-order valence-corrected chi connectivity index (χ0v) is 19.6. The summed E-state index contributed by atoms with van der Waals surface area (Å²) in [5, 5.41) is 14.5. The zero-order valence-electron chi connectivity index (χ0n) is 18.0. The van der Waals surface area contributed by atoms with Crippen molar-refractivity contribution >= 4 is 57.1 Å². The van der Waals surface area contributed by atoms with E-state index in [-0.39, 0.29) is 18.2 Å². The topological polar surface area (TPSA) is 99.1 Å². The van der Waals surface area contributed by atoms with Crippen LogP contribution in [0, 0.1) is 13.8 Å². The minimum atomic E-state index is -0.532. The van der Waals surface area contributed by atoms with Crippen LogP contribution in [0.5, 0.6) is 0 Å². The summed E-state index contributed by atoms with van der Waals surface area (Å²) in [6.07, 6.45) is 3.43. The van der Waals surface area contributed by atoms with E-state index in [1.807, 2.05) is 32.0 Å². The molecule has 1 aromatic heterocycles. The van der Waals surface area contributed by atoms with E-state index < -0.39 is 5.25 Å². The standard InChI is InChI=1S/C21H26N6O2S2/c1-5-27(6-2)21-22-11-15(30-21)12-23-26-20-25-19(29)16(31-20)10-17(28)24-18-13(3)8-7-9-14(18)4/h7-9,11-12,16H,5-6,10H2,1-4H3,(H,24,28)(H,25,26,29)/b23-12-/t16-/m0/s1. The molecule has 0 unspecified atom stereocenters. The number of thiazole rings is 1. The van der Waals surface area contributed by atoms with E-state index in [9.17, 15) is 9.59 Å². The Bertz CT molecular complexity index is 993. The lowest BCUT2D eigenvalue weighted by Crippen LogP contribution is -2.28. The van der Waals surface area contributed by atoms with Gasteiger partial charge in [0.25, 0.3) is 0 Å². The van der Waals surface area contributed by atoms with E-state index in [0.717, 1.165) is 39.9 Å². The molecule has 2 heterocycles. The van der Waals surface area contributed by atoms with E-state index in [1.165, 1.54) is 23.1 Å². The number of rotatable bonds is 8. The Labute approximate surface area is 190 Å². The van der Waals surface area contributed by atoms with Crippen molar-refractivity contribution in [2.24, 2.45) is 10.2 Å². The highest BCUT2D eigenvalue weighted by molar-refractivity contribution is 8.15. The molecule has 1 aromatic carbocycles. The number of nitrogens with one attached hydrogen (secondary N) is 2. The molecular formula is C21H26N6O2S2. The van der Waals surface area contributed by atoms with Crippen LogP contribution < -0.4 is 15.5 Å². The summed E-state index contributed by atoms with van der Waals surface area (Å²) < 4.78 is 0. The molecule has 8 nitrogen and oxygen atoms in total. The third kappa shape index (κ3) is 5.92. The van der Waals surface area contributed by atoms with Crippen LogP contribution in [-0.4, -0.2) is 46.5 Å². The molecule has 1 fully saturated rings. The van der Waals surface area contributed by atoms with Gasteiger partial charge in [0, 0.05) is 31.4 Å². The van der Waals surface area contributed by atoms with Gasteiger partial charge in [-0.05, 0) is 38.8 Å². The van der Waals surface area contributed by atoms with Crippen LogP contribution in [0.15, 0.2) is 34.6 Å². The molecule has 31 heavy (non-hydrogen) atoms. The van der Waals surface area contributed by atoms with Gasteiger partial charge in [0.2, 0.25) is 11.8 Å². The van der Waals surface area contributed by atoms with Gasteiger partial charge in [-0.25, -0.2) is 4.98 Å². The number of anilines is 2. The van der Waals surface area contributed by atoms with E-state index in [1.54, 1.807) is 12.4 Å². The van der Waals surface area contributed by atoms with Crippen LogP contribution in [0.4, 0.5) is 10.8 Å². The second-order valence-corrected chi connectivity index (χ2v) is 9.21. The maximum absolute atomic E-state index is 12.4. The summed E-state index contributed by atoms with van der Waals surface area (Å²) in [5.41, 5.74) is 2.77. The monoisotopic (exact) mass is 458 g/mol. The van der Waals surface area contributed by atoms with Gasteiger partial charge in [0.15, 0.2) is 10.3 Å². The summed E-state index contributed by atoms with van der Waals surface area (Å²) in [6, 6.07) is 5.83. The molecule has 1 atom stereocenters. The maximum atomic E-state index is 12.4. The largest absolute Gasteiger partial charge is 0.349 e. The molecule has 10 heteroatoms. The fourth-order valence-electron chi connectivity index (χ4n) is 3.07. The van der Waals surface area contributed by atoms with Crippen molar-refractivity contribution in [2.45, 2.75) is 39.4 Å². The minimum absolute atomic E-state index is 0.0646. The number of amides is 2. The lowest BCUT2D eigenvalue weighted by atomic mass is 10.1. The molecule has 3 rings (SSSR count). The fourth-order valence-corrected chi connectivity index (χ4v) is 4.90. The second-order valence-electron chi connectivity index (χ2n) is 6.98. The van der Waals surface area contributed by atoms with Gasteiger partial charge in [-0.1, -0.05) is 41.3 Å². The number of carbonyl (C=O) groups excluding carboxylic acids is 2. The molecule has 0 spiro atoms. The number of benzene rings is 1. The molecule has 1 aliphatic heterocycles. The van der Waals surface area contributed by atoms with E-state index in [2.05, 4.69) is 44.6 Å². The molecule has 2 aromatic rings. The SMILES string of the molecule is CCN(CC)c1ncc(/C=N\N=C2/NC(=O)[C@H](CC(=O)Nc3c(C)cccc3C)S2)s1. The first-order valence-corrected chi connectivity index (χ1v) is 11.8. The molecule has 1 aliphatic rings. The van der Waals surface area contributed by atoms with Crippen molar-refractivity contribution in [3.63, 3.8) is 0 Å². The van der Waals surface area contributed by atoms with Crippen molar-refractivity contribution in [1.82, 2.24) is 10.3 Å². The number of nitrogens with zero attached hydrogens (tertiary/aromatic N) is 4. The Kier molecular flexibility index (Phi) is 7.80. The molecular weight excluding hydrogens is 432 g/mol. The zero-order chi connectivity index (χ0) is 22.4. The quantitative estimate of drug-likeness (QED) is 0.466. The van der Waals surface area contributed by atoms with Gasteiger partial charge >= 0.3 is 0 Å². The molecule has 2 amide bonds. The molecule has 2 N–H and O–H groups in total. The molecule has 0 saturated carbocycles. The fraction of sp³-hybridized carbons (Fsp3) is 0.381. The number of aryl methyl sites for hydroxylation is 2. The smallest absolute Gasteiger partial charge is 0.240 e. The summed E-state index contributed by atoms with van der Waals surface area (Å²) >= 11 is 2.75. The summed E-state index contributed by atoms with van der Waals surface area (Å²) in [5.74, 6) is -0.444. The number of hydrogen-bond donors (Lipinski definition) is 2. The van der Waals surface area contributed by atoms with Gasteiger partial charge in [-0.2, -0.15) is 5.10 Å². The van der Waals surface area contributed by atoms with E-state index >= 15 is 0 Å². The molecule has 1 saturated heterocycles. The number of thioether (sulfide) groups is 1. The van der Waals surface area contributed by atoms with Crippen LogP contribution in [0.2, 0.25) is 0 Å². The van der Waals surface area contributed by atoms with Crippen molar-refractivity contribution in [3.05, 3.63) is 40.4 Å². The summed E-state index contributed by atoms with van der Waals surface area (Å²) in [6.45, 7) is 9.84. The van der Waals surface area contributed by atoms with Gasteiger partial charge in [-0.3, -0.25) is 9.59 Å². The average molecular weight is 459 g/mol. The Morgan fingerprint density at radius 1 is 1.29 bits per heavy atom. The lowest BCUT2D eigenvalue weighted by molar-refractivity contribution is -0.122. The normalized spacial score (nSPS) is 17.4. The third-order valence-electron chi connectivity index (χ3n) is 4.77. The van der Waals surface area contributed by atoms with Crippen molar-refractivity contribution < 1.29 is 9.59 Å². The highest BCUT2D eigenvalue weighted by Crippen LogP contribution is 2.25. The molecule has 164 valence electrons. The van der Waals surface area contributed by atoms with Crippen LogP contribution in [0.25, 0.3) is 0 Å². The number of carbonyl (C=O) groups is 2. The maximum Gasteiger partial charge on any atom is 0.240 e. The predicted molar refractivity (Wildman–Crippen MR) is 129 cm³/mol. The number of aromatic nitrogens is 1. The van der Waals surface area contributed by atoms with Gasteiger partial charge in [-0.15, -0.1) is 5.10 Å². The van der Waals surface area contributed by atoms with Crippen molar-refractivity contribution in [2.75, 3.05) is 23.3 Å². The summed E-state index contributed by atoms with van der Waals surface area (Å²) in [4.78, 5) is 32.1. The summed E-state index contributed by atoms with van der Waals surface area (Å²) in [7, 11) is 0. The number of para-hydroxylation sites is 1. The van der Waals surface area contributed by atoms with Crippen molar-refractivity contribution in [1.29, 1.82) is 0 Å². The lowest BCUT2D eigenvalue weighted by Gasteiger charge is -2.16. The van der Waals surface area contributed by atoms with E-state index in [4.69, 9.17) is 0 Å². The highest BCUT2D eigenvalue weighted by atomic mass is 32.2. The third-order valence-corrected chi connectivity index (χ3v) is 6.84. The number of amidine groups is 1. The number of hydrogen-bond acceptors (Lipinski definition) is 8. The Morgan fingerprint density at radius 2 is 2.00 bits per heavy atom. The van der Waals surface area contributed by atoms with Gasteiger partial charge in [0.1, 0.15) is 5.25 Å². The van der Waals surface area contributed by atoms with Crippen LogP contribution in [-0.2, 0) is 9.59 Å². The predicted octanol–water partition coefficient (Wildman–Crippen LogP) is 3.56. The first-order valence-electron chi connectivity index (χ1n) is 10.1. The van der Waals surface area contributed by atoms with Crippen molar-refractivity contribution in [3.8, 4) is 0 Å². The Hall–Kier alpha value is -2.72. The van der Waals surface area contributed by atoms with Crippen LogP contribution in [0.1, 0.15) is 36.3 Å². The van der Waals surface area contributed by atoms with E-state index in [0.29, 0.717) is 5.17 Å².